The lowest BCUT2D eigenvalue weighted by Gasteiger charge is -2.29. The number of allylic oxidation sites excluding steroid dienone is 1. The molecule has 1 saturated heterocycles. The molecular weight excluding hydrogens is 409 g/mol. The Hall–Kier alpha value is -2.93. The number of benzene rings is 4. The highest BCUT2D eigenvalue weighted by atomic mass is 31.2. The molecule has 1 aliphatic heterocycles. The van der Waals surface area contributed by atoms with E-state index in [4.69, 9.17) is 0 Å². The molecule has 0 aromatic heterocycles. The van der Waals surface area contributed by atoms with Gasteiger partial charge in [-0.2, -0.15) is 0 Å². The minimum atomic E-state index is -2.97. The van der Waals surface area contributed by atoms with Gasteiger partial charge in [-0.05, 0) is 46.6 Å². The first-order chi connectivity index (χ1) is 15.6. The summed E-state index contributed by atoms with van der Waals surface area (Å²) in [5, 5.41) is 4.34. The maximum absolute atomic E-state index is 15.2. The van der Waals surface area contributed by atoms with Crippen molar-refractivity contribution in [1.29, 1.82) is 0 Å². The summed E-state index contributed by atoms with van der Waals surface area (Å²) >= 11 is 0. The van der Waals surface area contributed by atoms with Crippen molar-refractivity contribution in [2.45, 2.75) is 24.8 Å². The van der Waals surface area contributed by atoms with Gasteiger partial charge in [0, 0.05) is 22.5 Å². The number of fused-ring (bicyclic) bond motifs is 4. The van der Waals surface area contributed by atoms with Crippen LogP contribution in [0.2, 0.25) is 0 Å². The highest BCUT2D eigenvalue weighted by Gasteiger charge is 2.54. The van der Waals surface area contributed by atoms with Crippen molar-refractivity contribution in [2.75, 3.05) is 7.05 Å². The molecule has 0 amide bonds. The summed E-state index contributed by atoms with van der Waals surface area (Å²) in [6, 6.07) is 34.0. The zero-order valence-corrected chi connectivity index (χ0v) is 19.2. The van der Waals surface area contributed by atoms with Crippen molar-refractivity contribution >= 4 is 23.4 Å². The molecule has 4 aromatic carbocycles. The Morgan fingerprint density at radius 3 is 2.19 bits per heavy atom. The van der Waals surface area contributed by atoms with Crippen LogP contribution in [0.1, 0.15) is 41.5 Å². The van der Waals surface area contributed by atoms with Crippen molar-refractivity contribution in [3.05, 3.63) is 125 Å². The standard InChI is InChI=1S/C29H26NOP/c1-20-18-27-28(26-15-9-8-14-25(20)26)29(22-11-4-3-5-12-22)30(2)32(27,31)24-17-16-21-10-6-7-13-23(21)19-24/h3-20,28-29H,1-2H3/t20-,28+,29-,32?/m0/s1. The number of hydrogen-bond donors (Lipinski definition) is 0. The van der Waals surface area contributed by atoms with Gasteiger partial charge in [0.05, 0.1) is 6.04 Å². The van der Waals surface area contributed by atoms with E-state index >= 15 is 4.57 Å². The third-order valence-electron chi connectivity index (χ3n) is 7.30. The Balaban J connectivity index is 1.62. The number of hydrogen-bond acceptors (Lipinski definition) is 1. The number of rotatable bonds is 2. The third kappa shape index (κ3) is 2.73. The largest absolute Gasteiger partial charge is 0.297 e. The van der Waals surface area contributed by atoms with Gasteiger partial charge in [0.2, 0.25) is 7.29 Å². The van der Waals surface area contributed by atoms with E-state index in [2.05, 4.69) is 116 Å². The fraction of sp³-hybridized carbons (Fsp3) is 0.172. The molecular formula is C29H26NOP. The topological polar surface area (TPSA) is 20.3 Å². The van der Waals surface area contributed by atoms with Crippen molar-refractivity contribution < 1.29 is 4.57 Å². The van der Waals surface area contributed by atoms with Gasteiger partial charge in [-0.3, -0.25) is 4.57 Å². The minimum absolute atomic E-state index is 0.0356. The van der Waals surface area contributed by atoms with Crippen LogP contribution in [-0.4, -0.2) is 11.7 Å². The lowest BCUT2D eigenvalue weighted by atomic mass is 9.77. The van der Waals surface area contributed by atoms with Crippen LogP contribution in [0.15, 0.2) is 108 Å². The van der Waals surface area contributed by atoms with Gasteiger partial charge < -0.3 is 0 Å². The third-order valence-corrected chi connectivity index (χ3v) is 10.5. The van der Waals surface area contributed by atoms with Gasteiger partial charge in [0.15, 0.2) is 0 Å². The summed E-state index contributed by atoms with van der Waals surface area (Å²) in [7, 11) is -0.914. The van der Waals surface area contributed by atoms with Crippen LogP contribution in [-0.2, 0) is 4.57 Å². The van der Waals surface area contributed by atoms with Crippen LogP contribution < -0.4 is 5.30 Å². The molecule has 3 heteroatoms. The summed E-state index contributed by atoms with van der Waals surface area (Å²) in [4.78, 5) is 0. The summed E-state index contributed by atoms with van der Waals surface area (Å²) < 4.78 is 17.3. The molecule has 1 unspecified atom stereocenters. The zero-order chi connectivity index (χ0) is 21.9. The Morgan fingerprint density at radius 2 is 1.41 bits per heavy atom. The van der Waals surface area contributed by atoms with E-state index in [0.29, 0.717) is 0 Å². The molecule has 0 N–H and O–H groups in total. The SMILES string of the molecule is C[C@H]1C=C2[C@@H](c3ccccc31)[C@H](c1ccccc1)N(C)P2(=O)c1ccc2ccccc2c1. The number of likely N-dealkylation sites (N-methyl/N-ethyl adjacent to an activating group) is 1. The fourth-order valence-corrected chi connectivity index (χ4v) is 9.08. The van der Waals surface area contributed by atoms with Crippen LogP contribution >= 0.6 is 7.29 Å². The molecule has 0 radical (unpaired) electrons. The first kappa shape index (κ1) is 19.7. The normalized spacial score (nSPS) is 27.1. The lowest BCUT2D eigenvalue weighted by molar-refractivity contribution is 0.383. The highest BCUT2D eigenvalue weighted by molar-refractivity contribution is 7.73. The van der Waals surface area contributed by atoms with Crippen LogP contribution in [0.3, 0.4) is 0 Å². The highest BCUT2D eigenvalue weighted by Crippen LogP contribution is 2.73. The van der Waals surface area contributed by atoms with Crippen LogP contribution in [0, 0.1) is 0 Å². The maximum Gasteiger partial charge on any atom is 0.204 e. The van der Waals surface area contributed by atoms with Crippen LogP contribution in [0.5, 0.6) is 0 Å². The Labute approximate surface area is 189 Å². The van der Waals surface area contributed by atoms with Crippen molar-refractivity contribution in [2.24, 2.45) is 0 Å². The first-order valence-electron chi connectivity index (χ1n) is 11.3. The Kier molecular flexibility index (Phi) is 4.50. The maximum atomic E-state index is 15.2. The molecule has 4 aromatic rings. The molecule has 0 saturated carbocycles. The lowest BCUT2D eigenvalue weighted by Crippen LogP contribution is -2.22. The van der Waals surface area contributed by atoms with Gasteiger partial charge >= 0.3 is 0 Å². The minimum Gasteiger partial charge on any atom is -0.297 e. The molecule has 0 spiro atoms. The Bertz CT molecular complexity index is 1410. The van der Waals surface area contributed by atoms with Crippen molar-refractivity contribution in [3.8, 4) is 0 Å². The van der Waals surface area contributed by atoms with Crippen molar-refractivity contribution in [3.63, 3.8) is 0 Å². The van der Waals surface area contributed by atoms with E-state index in [1.165, 1.54) is 22.1 Å². The second-order valence-corrected chi connectivity index (χ2v) is 11.8. The van der Waals surface area contributed by atoms with E-state index in [-0.39, 0.29) is 17.9 Å². The smallest absolute Gasteiger partial charge is 0.204 e. The molecule has 1 aliphatic carbocycles. The van der Waals surface area contributed by atoms with E-state index < -0.39 is 7.29 Å². The molecule has 158 valence electrons. The first-order valence-corrected chi connectivity index (χ1v) is 12.9. The van der Waals surface area contributed by atoms with Gasteiger partial charge in [-0.25, -0.2) is 4.67 Å². The predicted octanol–water partition coefficient (Wildman–Crippen LogP) is 7.21. The van der Waals surface area contributed by atoms with E-state index in [1.54, 1.807) is 0 Å². The predicted molar refractivity (Wildman–Crippen MR) is 134 cm³/mol. The molecule has 2 aliphatic rings. The van der Waals surface area contributed by atoms with Crippen molar-refractivity contribution in [1.82, 2.24) is 4.67 Å². The summed E-state index contributed by atoms with van der Waals surface area (Å²) in [5.74, 6) is 0.334. The number of nitrogens with zero attached hydrogens (tertiary/aromatic N) is 1. The molecule has 1 fully saturated rings. The molecule has 4 atom stereocenters. The molecule has 2 nitrogen and oxygen atoms in total. The molecule has 32 heavy (non-hydrogen) atoms. The van der Waals surface area contributed by atoms with E-state index in [0.717, 1.165) is 16.0 Å². The average Bonchev–Trinajstić information content (AvgIpc) is 3.07. The zero-order valence-electron chi connectivity index (χ0n) is 18.3. The van der Waals surface area contributed by atoms with Gasteiger partial charge in [-0.15, -0.1) is 0 Å². The monoisotopic (exact) mass is 435 g/mol. The molecule has 1 heterocycles. The Morgan fingerprint density at radius 1 is 0.750 bits per heavy atom. The van der Waals surface area contributed by atoms with Gasteiger partial charge in [0.25, 0.3) is 0 Å². The quantitative estimate of drug-likeness (QED) is 0.310. The second kappa shape index (κ2) is 7.30. The molecule has 0 bridgehead atoms. The fourth-order valence-electron chi connectivity index (χ4n) is 5.77. The van der Waals surface area contributed by atoms with Gasteiger partial charge in [-0.1, -0.05) is 97.9 Å². The second-order valence-electron chi connectivity index (χ2n) is 9.02. The summed E-state index contributed by atoms with van der Waals surface area (Å²) in [6.45, 7) is 2.22. The molecule has 6 rings (SSSR count). The van der Waals surface area contributed by atoms with Crippen LogP contribution in [0.25, 0.3) is 10.8 Å². The van der Waals surface area contributed by atoms with E-state index in [9.17, 15) is 0 Å². The summed E-state index contributed by atoms with van der Waals surface area (Å²) in [6.07, 6.45) is 2.29. The van der Waals surface area contributed by atoms with E-state index in [1.807, 2.05) is 6.07 Å². The van der Waals surface area contributed by atoms with Gasteiger partial charge in [0.1, 0.15) is 0 Å². The van der Waals surface area contributed by atoms with Crippen LogP contribution in [0.4, 0.5) is 0 Å². The summed E-state index contributed by atoms with van der Waals surface area (Å²) in [5.41, 5.74) is 3.88. The average molecular weight is 436 g/mol.